The van der Waals surface area contributed by atoms with Crippen LogP contribution in [0.3, 0.4) is 0 Å². The fourth-order valence-corrected chi connectivity index (χ4v) is 1.17. The number of nitro benzene ring substituents is 1. The molecule has 0 radical (unpaired) electrons. The van der Waals surface area contributed by atoms with Gasteiger partial charge in [-0.1, -0.05) is 0 Å². The van der Waals surface area contributed by atoms with Crippen molar-refractivity contribution in [2.75, 3.05) is 5.32 Å². The fourth-order valence-electron chi connectivity index (χ4n) is 1.17. The van der Waals surface area contributed by atoms with Gasteiger partial charge in [-0.05, 0) is 32.9 Å². The molecule has 5 nitrogen and oxygen atoms in total. The topological polar surface area (TPSA) is 75.4 Å². The smallest absolute Gasteiger partial charge is 0.306 e. The van der Waals surface area contributed by atoms with Crippen molar-refractivity contribution < 1.29 is 14.4 Å². The zero-order chi connectivity index (χ0) is 13.2. The average molecular weight is 242 g/mol. The Labute approximate surface area is 98.4 Å². The molecular weight excluding hydrogens is 227 g/mol. The number of nitro groups is 1. The molecule has 1 rings (SSSR count). The van der Waals surface area contributed by atoms with E-state index in [1.807, 2.05) is 0 Å². The second kappa shape index (κ2) is 4.67. The van der Waals surface area contributed by atoms with Gasteiger partial charge in [-0.15, -0.1) is 0 Å². The summed E-state index contributed by atoms with van der Waals surface area (Å²) in [5.41, 5.74) is -1.17. The van der Waals surface area contributed by atoms with Gasteiger partial charge in [-0.2, -0.15) is 4.39 Å². The van der Waals surface area contributed by atoms with E-state index in [2.05, 4.69) is 5.32 Å². The van der Waals surface area contributed by atoms with Crippen molar-refractivity contribution in [3.05, 3.63) is 34.1 Å². The van der Waals surface area contributed by atoms with Crippen LogP contribution in [0.4, 0.5) is 15.8 Å². The number of benzene rings is 1. The van der Waals surface area contributed by atoms with Gasteiger partial charge in [0.25, 0.3) is 0 Å². The monoisotopic (exact) mass is 242 g/mol. The fraction of sp³-hybridized carbons (Fsp3) is 0.455. The first kappa shape index (κ1) is 13.4. The molecule has 1 aromatic rings. The minimum atomic E-state index is -0.983. The predicted molar refractivity (Wildman–Crippen MR) is 62.4 cm³/mol. The maximum Gasteiger partial charge on any atom is 0.306 e. The zero-order valence-corrected chi connectivity index (χ0v) is 9.90. The summed E-state index contributed by atoms with van der Waals surface area (Å²) in [6.07, 6.45) is 0. The largest absolute Gasteiger partial charge is 0.388 e. The molecule has 17 heavy (non-hydrogen) atoms. The summed E-state index contributed by atoms with van der Waals surface area (Å²) in [6, 6.07) is 3.20. The first-order valence-corrected chi connectivity index (χ1v) is 5.14. The first-order valence-electron chi connectivity index (χ1n) is 5.14. The van der Waals surface area contributed by atoms with Gasteiger partial charge >= 0.3 is 5.69 Å². The third kappa shape index (κ3) is 3.39. The Bertz CT molecular complexity index is 429. The Kier molecular flexibility index (Phi) is 3.67. The predicted octanol–water partition coefficient (Wildman–Crippen LogP) is 2.31. The summed E-state index contributed by atoms with van der Waals surface area (Å²) in [5, 5.41) is 23.1. The molecule has 2 N–H and O–H groups in total. The van der Waals surface area contributed by atoms with E-state index in [1.165, 1.54) is 6.07 Å². The van der Waals surface area contributed by atoms with E-state index in [0.717, 1.165) is 12.1 Å². The van der Waals surface area contributed by atoms with Crippen molar-refractivity contribution in [3.8, 4) is 0 Å². The number of hydrogen-bond donors (Lipinski definition) is 2. The number of anilines is 1. The molecule has 1 atom stereocenters. The van der Waals surface area contributed by atoms with Gasteiger partial charge in [-0.3, -0.25) is 10.1 Å². The summed E-state index contributed by atoms with van der Waals surface area (Å²) in [6.45, 7) is 4.96. The van der Waals surface area contributed by atoms with E-state index in [0.29, 0.717) is 5.69 Å². The van der Waals surface area contributed by atoms with Gasteiger partial charge in [0, 0.05) is 11.8 Å². The number of hydrogen-bond acceptors (Lipinski definition) is 4. The Balaban J connectivity index is 2.94. The molecule has 1 unspecified atom stereocenters. The second-order valence-corrected chi connectivity index (χ2v) is 4.44. The van der Waals surface area contributed by atoms with Crippen LogP contribution in [0.1, 0.15) is 20.8 Å². The Hall–Kier alpha value is -1.69. The Morgan fingerprint density at radius 1 is 1.53 bits per heavy atom. The van der Waals surface area contributed by atoms with Crippen LogP contribution in [0, 0.1) is 15.9 Å². The van der Waals surface area contributed by atoms with Crippen LogP contribution >= 0.6 is 0 Å². The molecule has 0 aliphatic heterocycles. The van der Waals surface area contributed by atoms with E-state index in [9.17, 15) is 19.6 Å². The van der Waals surface area contributed by atoms with Crippen LogP contribution in [0.2, 0.25) is 0 Å². The van der Waals surface area contributed by atoms with E-state index in [4.69, 9.17) is 0 Å². The lowest BCUT2D eigenvalue weighted by Crippen LogP contribution is -2.39. The molecule has 0 fully saturated rings. The zero-order valence-electron chi connectivity index (χ0n) is 9.90. The lowest BCUT2D eigenvalue weighted by Gasteiger charge is -2.27. The van der Waals surface area contributed by atoms with Crippen LogP contribution in [-0.2, 0) is 0 Å². The molecule has 0 heterocycles. The van der Waals surface area contributed by atoms with Crippen molar-refractivity contribution in [3.63, 3.8) is 0 Å². The highest BCUT2D eigenvalue weighted by Gasteiger charge is 2.23. The average Bonchev–Trinajstić information content (AvgIpc) is 2.19. The summed E-state index contributed by atoms with van der Waals surface area (Å²) < 4.78 is 13.1. The van der Waals surface area contributed by atoms with Crippen LogP contribution in [0.25, 0.3) is 0 Å². The maximum absolute atomic E-state index is 13.1. The molecule has 6 heteroatoms. The molecule has 94 valence electrons. The van der Waals surface area contributed by atoms with E-state index in [-0.39, 0.29) is 6.04 Å². The lowest BCUT2D eigenvalue weighted by atomic mass is 10.0. The minimum Gasteiger partial charge on any atom is -0.388 e. The minimum absolute atomic E-state index is 0.326. The number of nitrogens with one attached hydrogen (secondary N) is 1. The SMILES string of the molecule is CC(Nc1ccc(F)c([N+](=O)[O-])c1)C(C)(C)O. The highest BCUT2D eigenvalue weighted by Crippen LogP contribution is 2.23. The van der Waals surface area contributed by atoms with Crippen molar-refractivity contribution in [2.45, 2.75) is 32.4 Å². The Morgan fingerprint density at radius 3 is 2.59 bits per heavy atom. The molecule has 0 aliphatic carbocycles. The van der Waals surface area contributed by atoms with Crippen LogP contribution in [0.5, 0.6) is 0 Å². The second-order valence-electron chi connectivity index (χ2n) is 4.44. The number of rotatable bonds is 4. The van der Waals surface area contributed by atoms with Gasteiger partial charge < -0.3 is 10.4 Å². The summed E-state index contributed by atoms with van der Waals surface area (Å²) in [7, 11) is 0. The van der Waals surface area contributed by atoms with Crippen molar-refractivity contribution in [2.24, 2.45) is 0 Å². The maximum atomic E-state index is 13.1. The molecule has 1 aromatic carbocycles. The van der Waals surface area contributed by atoms with Gasteiger partial charge in [0.1, 0.15) is 0 Å². The van der Waals surface area contributed by atoms with Gasteiger partial charge in [0.2, 0.25) is 5.82 Å². The standard InChI is InChI=1S/C11H15FN2O3/c1-7(11(2,3)15)13-8-4-5-9(12)10(6-8)14(16)17/h4-7,13,15H,1-3H3. The van der Waals surface area contributed by atoms with Crippen molar-refractivity contribution >= 4 is 11.4 Å². The van der Waals surface area contributed by atoms with Crippen molar-refractivity contribution in [1.82, 2.24) is 0 Å². The summed E-state index contributed by atoms with van der Waals surface area (Å²) in [5.74, 6) is -0.878. The third-order valence-corrected chi connectivity index (χ3v) is 2.59. The van der Waals surface area contributed by atoms with E-state index >= 15 is 0 Å². The molecular formula is C11H15FN2O3. The number of aliphatic hydroxyl groups is 1. The molecule has 0 aliphatic rings. The number of halogens is 1. The van der Waals surface area contributed by atoms with Crippen LogP contribution in [-0.4, -0.2) is 21.7 Å². The van der Waals surface area contributed by atoms with Crippen LogP contribution < -0.4 is 5.32 Å². The molecule has 0 saturated carbocycles. The summed E-state index contributed by atoms with van der Waals surface area (Å²) in [4.78, 5) is 9.76. The van der Waals surface area contributed by atoms with Crippen molar-refractivity contribution in [1.29, 1.82) is 0 Å². The molecule has 0 spiro atoms. The normalized spacial score (nSPS) is 13.2. The highest BCUT2D eigenvalue weighted by molar-refractivity contribution is 5.52. The van der Waals surface area contributed by atoms with Crippen LogP contribution in [0.15, 0.2) is 18.2 Å². The molecule has 0 bridgehead atoms. The van der Waals surface area contributed by atoms with Gasteiger partial charge in [0.15, 0.2) is 0 Å². The quantitative estimate of drug-likeness (QED) is 0.627. The van der Waals surface area contributed by atoms with E-state index < -0.39 is 22.0 Å². The van der Waals surface area contributed by atoms with Gasteiger partial charge in [0.05, 0.1) is 16.6 Å². The first-order chi connectivity index (χ1) is 7.71. The van der Waals surface area contributed by atoms with E-state index in [1.54, 1.807) is 20.8 Å². The number of nitrogens with zero attached hydrogens (tertiary/aromatic N) is 1. The molecule has 0 saturated heterocycles. The Morgan fingerprint density at radius 2 is 2.12 bits per heavy atom. The van der Waals surface area contributed by atoms with Gasteiger partial charge in [-0.25, -0.2) is 0 Å². The third-order valence-electron chi connectivity index (χ3n) is 2.59. The highest BCUT2D eigenvalue weighted by atomic mass is 19.1. The summed E-state index contributed by atoms with van der Waals surface area (Å²) >= 11 is 0. The molecule has 0 aromatic heterocycles. The molecule has 0 amide bonds. The lowest BCUT2D eigenvalue weighted by molar-refractivity contribution is -0.387.